The number of hydrogen-bond donors (Lipinski definition) is 0. The zero-order chi connectivity index (χ0) is 8.85. The minimum Gasteiger partial charge on any atom is -0.0842 e. The zero-order valence-corrected chi connectivity index (χ0v) is 8.39. The predicted octanol–water partition coefficient (Wildman–Crippen LogP) is 3.80. The van der Waals surface area contributed by atoms with Crippen molar-refractivity contribution >= 4 is 0 Å². The summed E-state index contributed by atoms with van der Waals surface area (Å²) in [6.45, 7) is 10.9. The van der Waals surface area contributed by atoms with Gasteiger partial charge in [0.05, 0.1) is 0 Å². The van der Waals surface area contributed by atoms with Crippen molar-refractivity contribution in [3.63, 3.8) is 0 Å². The quantitative estimate of drug-likeness (QED) is 0.539. The molecular formula is C11H20. The fourth-order valence-electron chi connectivity index (χ4n) is 0.926. The van der Waals surface area contributed by atoms with Gasteiger partial charge in [0, 0.05) is 0 Å². The Morgan fingerprint density at radius 3 is 1.91 bits per heavy atom. The van der Waals surface area contributed by atoms with E-state index in [4.69, 9.17) is 0 Å². The fourth-order valence-corrected chi connectivity index (χ4v) is 0.926. The van der Waals surface area contributed by atoms with E-state index in [-0.39, 0.29) is 0 Å². The molecule has 0 rings (SSSR count). The monoisotopic (exact) mass is 152 g/mol. The molecule has 0 atom stereocenters. The summed E-state index contributed by atoms with van der Waals surface area (Å²) in [4.78, 5) is 0. The Morgan fingerprint density at radius 1 is 1.09 bits per heavy atom. The Bertz CT molecular complexity index is 147. The molecule has 0 aliphatic heterocycles. The first-order valence-electron chi connectivity index (χ1n) is 4.42. The molecular weight excluding hydrogens is 132 g/mol. The van der Waals surface area contributed by atoms with Crippen molar-refractivity contribution in [1.82, 2.24) is 0 Å². The van der Waals surface area contributed by atoms with Crippen LogP contribution < -0.4 is 0 Å². The van der Waals surface area contributed by atoms with Crippen molar-refractivity contribution in [2.24, 2.45) is 11.8 Å². The van der Waals surface area contributed by atoms with Gasteiger partial charge >= 0.3 is 0 Å². The Morgan fingerprint density at radius 2 is 1.64 bits per heavy atom. The van der Waals surface area contributed by atoms with Crippen molar-refractivity contribution in [2.75, 3.05) is 0 Å². The SMILES string of the molecule is CC=C(C=CC(C)C)C(C)C. The molecule has 0 radical (unpaired) electrons. The summed E-state index contributed by atoms with van der Waals surface area (Å²) >= 11 is 0. The second-order valence-electron chi connectivity index (χ2n) is 3.55. The van der Waals surface area contributed by atoms with Crippen molar-refractivity contribution in [1.29, 1.82) is 0 Å². The first-order valence-corrected chi connectivity index (χ1v) is 4.42. The Hall–Kier alpha value is -0.520. The van der Waals surface area contributed by atoms with Crippen LogP contribution in [0.15, 0.2) is 23.8 Å². The van der Waals surface area contributed by atoms with Crippen LogP contribution in [0.1, 0.15) is 34.6 Å². The highest BCUT2D eigenvalue weighted by molar-refractivity contribution is 5.19. The van der Waals surface area contributed by atoms with Crippen LogP contribution in [0, 0.1) is 11.8 Å². The van der Waals surface area contributed by atoms with E-state index in [0.717, 1.165) is 0 Å². The van der Waals surface area contributed by atoms with Gasteiger partial charge in [0.2, 0.25) is 0 Å². The molecule has 0 N–H and O–H groups in total. The van der Waals surface area contributed by atoms with Gasteiger partial charge in [-0.2, -0.15) is 0 Å². The maximum absolute atomic E-state index is 2.25. The van der Waals surface area contributed by atoms with Crippen LogP contribution in [-0.2, 0) is 0 Å². The summed E-state index contributed by atoms with van der Waals surface area (Å²) in [6.07, 6.45) is 6.66. The molecule has 0 aromatic carbocycles. The molecule has 0 nitrogen and oxygen atoms in total. The van der Waals surface area contributed by atoms with E-state index in [1.807, 2.05) is 0 Å². The standard InChI is InChI=1S/C11H20/c1-6-11(10(4)5)8-7-9(2)3/h6-10H,1-5H3. The average molecular weight is 152 g/mol. The third kappa shape index (κ3) is 4.83. The van der Waals surface area contributed by atoms with Gasteiger partial charge in [-0.05, 0) is 18.8 Å². The minimum atomic E-state index is 0.648. The van der Waals surface area contributed by atoms with E-state index in [1.165, 1.54) is 5.57 Å². The second-order valence-corrected chi connectivity index (χ2v) is 3.55. The number of hydrogen-bond acceptors (Lipinski definition) is 0. The summed E-state index contributed by atoms with van der Waals surface area (Å²) in [7, 11) is 0. The topological polar surface area (TPSA) is 0 Å². The highest BCUT2D eigenvalue weighted by Crippen LogP contribution is 2.11. The highest BCUT2D eigenvalue weighted by atomic mass is 14.0. The number of rotatable bonds is 3. The van der Waals surface area contributed by atoms with Crippen molar-refractivity contribution in [3.8, 4) is 0 Å². The van der Waals surface area contributed by atoms with Crippen molar-refractivity contribution in [3.05, 3.63) is 23.8 Å². The molecule has 0 unspecified atom stereocenters. The molecule has 0 heterocycles. The summed E-state index contributed by atoms with van der Waals surface area (Å²) in [6, 6.07) is 0. The van der Waals surface area contributed by atoms with Crippen LogP contribution in [0.5, 0.6) is 0 Å². The van der Waals surface area contributed by atoms with Gasteiger partial charge in [0.1, 0.15) is 0 Å². The molecule has 0 spiro atoms. The summed E-state index contributed by atoms with van der Waals surface area (Å²) in [5, 5.41) is 0. The summed E-state index contributed by atoms with van der Waals surface area (Å²) in [5.41, 5.74) is 1.43. The third-order valence-electron chi connectivity index (χ3n) is 1.67. The van der Waals surface area contributed by atoms with E-state index >= 15 is 0 Å². The lowest BCUT2D eigenvalue weighted by molar-refractivity contribution is 0.779. The predicted molar refractivity (Wildman–Crippen MR) is 52.6 cm³/mol. The molecule has 0 aliphatic rings. The van der Waals surface area contributed by atoms with Gasteiger partial charge in [-0.25, -0.2) is 0 Å². The molecule has 0 fully saturated rings. The van der Waals surface area contributed by atoms with Crippen LogP contribution in [0.4, 0.5) is 0 Å². The zero-order valence-electron chi connectivity index (χ0n) is 8.39. The third-order valence-corrected chi connectivity index (χ3v) is 1.67. The number of allylic oxidation sites excluding steroid dienone is 4. The van der Waals surface area contributed by atoms with Crippen LogP contribution in [0.2, 0.25) is 0 Å². The molecule has 64 valence electrons. The molecule has 0 amide bonds. The lowest BCUT2D eigenvalue weighted by Crippen LogP contribution is -1.90. The molecule has 0 aliphatic carbocycles. The maximum atomic E-state index is 2.25. The summed E-state index contributed by atoms with van der Waals surface area (Å²) < 4.78 is 0. The van der Waals surface area contributed by atoms with Gasteiger partial charge in [0.25, 0.3) is 0 Å². The van der Waals surface area contributed by atoms with Gasteiger partial charge in [-0.1, -0.05) is 51.5 Å². The lowest BCUT2D eigenvalue weighted by atomic mass is 10.0. The minimum absolute atomic E-state index is 0.648. The van der Waals surface area contributed by atoms with Crippen LogP contribution in [0.3, 0.4) is 0 Å². The first-order chi connectivity index (χ1) is 5.07. The molecule has 0 aromatic rings. The van der Waals surface area contributed by atoms with Gasteiger partial charge in [-0.15, -0.1) is 0 Å². The van der Waals surface area contributed by atoms with E-state index in [0.29, 0.717) is 11.8 Å². The fraction of sp³-hybridized carbons (Fsp3) is 0.636. The Balaban J connectivity index is 4.10. The molecule has 0 saturated heterocycles. The molecule has 0 aromatic heterocycles. The summed E-state index contributed by atoms with van der Waals surface area (Å²) in [5.74, 6) is 1.30. The molecule has 11 heavy (non-hydrogen) atoms. The lowest BCUT2D eigenvalue weighted by Gasteiger charge is -2.05. The molecule has 0 bridgehead atoms. The van der Waals surface area contributed by atoms with Gasteiger partial charge < -0.3 is 0 Å². The van der Waals surface area contributed by atoms with Crippen LogP contribution >= 0.6 is 0 Å². The smallest absolute Gasteiger partial charge is 0.0222 e. The van der Waals surface area contributed by atoms with Crippen LogP contribution in [0.25, 0.3) is 0 Å². The first kappa shape index (κ1) is 10.5. The van der Waals surface area contributed by atoms with Gasteiger partial charge in [-0.3, -0.25) is 0 Å². The average Bonchev–Trinajstić information content (AvgIpc) is 1.87. The van der Waals surface area contributed by atoms with Crippen LogP contribution in [-0.4, -0.2) is 0 Å². The maximum Gasteiger partial charge on any atom is -0.0222 e. The molecule has 0 saturated carbocycles. The Kier molecular flexibility index (Phi) is 4.93. The van der Waals surface area contributed by atoms with Crippen molar-refractivity contribution < 1.29 is 0 Å². The van der Waals surface area contributed by atoms with E-state index < -0.39 is 0 Å². The van der Waals surface area contributed by atoms with E-state index in [1.54, 1.807) is 0 Å². The van der Waals surface area contributed by atoms with Crippen molar-refractivity contribution in [2.45, 2.75) is 34.6 Å². The highest BCUT2D eigenvalue weighted by Gasteiger charge is 1.96. The second kappa shape index (κ2) is 5.17. The van der Waals surface area contributed by atoms with Gasteiger partial charge in [0.15, 0.2) is 0 Å². The largest absolute Gasteiger partial charge is 0.0842 e. The van der Waals surface area contributed by atoms with E-state index in [9.17, 15) is 0 Å². The Labute approximate surface area is 71.0 Å². The molecule has 0 heteroatoms. The van der Waals surface area contributed by atoms with E-state index in [2.05, 4.69) is 52.8 Å². The normalized spacial score (nSPS) is 13.9.